The van der Waals surface area contributed by atoms with Crippen molar-refractivity contribution in [1.82, 2.24) is 4.57 Å². The first-order valence-electron chi connectivity index (χ1n) is 9.20. The van der Waals surface area contributed by atoms with Gasteiger partial charge in [-0.15, -0.1) is 0 Å². The summed E-state index contributed by atoms with van der Waals surface area (Å²) in [5.74, 6) is -0.222. The number of carbonyl (C=O) groups is 1. The van der Waals surface area contributed by atoms with E-state index in [-0.39, 0.29) is 17.0 Å². The van der Waals surface area contributed by atoms with E-state index in [2.05, 4.69) is 18.2 Å². The van der Waals surface area contributed by atoms with Crippen molar-refractivity contribution in [3.05, 3.63) is 99.0 Å². The van der Waals surface area contributed by atoms with Crippen LogP contribution in [0.25, 0.3) is 0 Å². The van der Waals surface area contributed by atoms with Gasteiger partial charge >= 0.3 is 0 Å². The molecule has 0 bridgehead atoms. The Balaban J connectivity index is 1.68. The molecule has 0 saturated carbocycles. The van der Waals surface area contributed by atoms with Gasteiger partial charge in [0, 0.05) is 18.4 Å². The van der Waals surface area contributed by atoms with Gasteiger partial charge in [0.05, 0.1) is 6.54 Å². The third kappa shape index (κ3) is 3.19. The fourth-order valence-corrected chi connectivity index (χ4v) is 3.67. The molecule has 4 heteroatoms. The van der Waals surface area contributed by atoms with E-state index in [1.807, 2.05) is 38.1 Å². The monoisotopic (exact) mass is 358 g/mol. The summed E-state index contributed by atoms with van der Waals surface area (Å²) < 4.78 is 1.62. The summed E-state index contributed by atoms with van der Waals surface area (Å²) in [4.78, 5) is 27.8. The smallest absolute Gasteiger partial charge is 0.263 e. The Morgan fingerprint density at radius 1 is 1.04 bits per heavy atom. The molecule has 4 nitrogen and oxygen atoms in total. The van der Waals surface area contributed by atoms with Crippen molar-refractivity contribution >= 4 is 11.6 Å². The number of para-hydroxylation sites is 1. The van der Waals surface area contributed by atoms with E-state index in [0.29, 0.717) is 13.1 Å². The van der Waals surface area contributed by atoms with Crippen molar-refractivity contribution in [2.24, 2.45) is 0 Å². The first-order chi connectivity index (χ1) is 13.0. The number of fused-ring (bicyclic) bond motifs is 1. The van der Waals surface area contributed by atoms with Crippen LogP contribution in [0.5, 0.6) is 0 Å². The van der Waals surface area contributed by atoms with E-state index in [9.17, 15) is 9.59 Å². The molecule has 1 aromatic heterocycles. The van der Waals surface area contributed by atoms with Crippen molar-refractivity contribution in [1.29, 1.82) is 0 Å². The average Bonchev–Trinajstić information content (AvgIpc) is 3.10. The van der Waals surface area contributed by atoms with Gasteiger partial charge in [-0.3, -0.25) is 9.59 Å². The molecule has 0 atom stereocenters. The first kappa shape index (κ1) is 17.3. The van der Waals surface area contributed by atoms with Gasteiger partial charge in [-0.2, -0.15) is 0 Å². The molecule has 0 saturated heterocycles. The van der Waals surface area contributed by atoms with Gasteiger partial charge < -0.3 is 9.47 Å². The van der Waals surface area contributed by atoms with E-state index in [1.54, 1.807) is 27.8 Å². The highest BCUT2D eigenvalue weighted by Crippen LogP contribution is 2.28. The number of benzene rings is 2. The zero-order valence-corrected chi connectivity index (χ0v) is 15.6. The minimum atomic E-state index is -0.243. The SMILES string of the molecule is Cc1ccc(C)c(Cn2cccc(C(=O)N3CCc4ccccc43)c2=O)c1. The molecule has 136 valence electrons. The zero-order chi connectivity index (χ0) is 19.0. The van der Waals surface area contributed by atoms with E-state index >= 15 is 0 Å². The Morgan fingerprint density at radius 2 is 1.85 bits per heavy atom. The molecule has 0 fully saturated rings. The molecule has 0 spiro atoms. The molecular formula is C23H22N2O2. The molecule has 1 aliphatic rings. The summed E-state index contributed by atoms with van der Waals surface area (Å²) in [5.41, 5.74) is 5.42. The number of rotatable bonds is 3. The molecule has 0 N–H and O–H groups in total. The van der Waals surface area contributed by atoms with Gasteiger partial charge in [-0.05, 0) is 55.2 Å². The maximum atomic E-state index is 13.1. The lowest BCUT2D eigenvalue weighted by atomic mass is 10.1. The Labute approximate surface area is 158 Å². The van der Waals surface area contributed by atoms with Crippen LogP contribution in [0.2, 0.25) is 0 Å². The predicted molar refractivity (Wildman–Crippen MR) is 108 cm³/mol. The fraction of sp³-hybridized carbons (Fsp3) is 0.217. The lowest BCUT2D eigenvalue weighted by molar-refractivity contribution is 0.0987. The van der Waals surface area contributed by atoms with Crippen LogP contribution in [-0.2, 0) is 13.0 Å². The topological polar surface area (TPSA) is 42.3 Å². The Bertz CT molecular complexity index is 1080. The second-order valence-corrected chi connectivity index (χ2v) is 7.12. The number of anilines is 1. The summed E-state index contributed by atoms with van der Waals surface area (Å²) in [6.45, 7) is 5.15. The molecule has 1 aliphatic heterocycles. The van der Waals surface area contributed by atoms with E-state index in [4.69, 9.17) is 0 Å². The quantitative estimate of drug-likeness (QED) is 0.716. The summed E-state index contributed by atoms with van der Waals surface area (Å²) in [5, 5.41) is 0. The van der Waals surface area contributed by atoms with Crippen molar-refractivity contribution in [2.75, 3.05) is 11.4 Å². The Hall–Kier alpha value is -3.14. The normalized spacial score (nSPS) is 12.9. The average molecular weight is 358 g/mol. The molecular weight excluding hydrogens is 336 g/mol. The standard InChI is InChI=1S/C23H22N2O2/c1-16-9-10-17(2)19(14-16)15-24-12-5-7-20(22(24)26)23(27)25-13-11-18-6-3-4-8-21(18)25/h3-10,12,14H,11,13,15H2,1-2H3. The van der Waals surface area contributed by atoms with Gasteiger partial charge in [0.25, 0.3) is 11.5 Å². The maximum Gasteiger partial charge on any atom is 0.263 e. The number of carbonyl (C=O) groups excluding carboxylic acids is 1. The van der Waals surface area contributed by atoms with E-state index < -0.39 is 0 Å². The first-order valence-corrected chi connectivity index (χ1v) is 9.20. The highest BCUT2D eigenvalue weighted by Gasteiger charge is 2.27. The Kier molecular flexibility index (Phi) is 4.40. The van der Waals surface area contributed by atoms with Gasteiger partial charge in [0.15, 0.2) is 0 Å². The third-order valence-corrected chi connectivity index (χ3v) is 5.23. The molecule has 3 aromatic rings. The van der Waals surface area contributed by atoms with Crippen molar-refractivity contribution in [3.8, 4) is 0 Å². The Morgan fingerprint density at radius 3 is 2.70 bits per heavy atom. The van der Waals surface area contributed by atoms with Crippen LogP contribution in [-0.4, -0.2) is 17.0 Å². The lowest BCUT2D eigenvalue weighted by Crippen LogP contribution is -2.35. The van der Waals surface area contributed by atoms with Crippen LogP contribution in [0, 0.1) is 13.8 Å². The second-order valence-electron chi connectivity index (χ2n) is 7.12. The molecule has 2 aromatic carbocycles. The molecule has 4 rings (SSSR count). The number of pyridine rings is 1. The number of hydrogen-bond acceptors (Lipinski definition) is 2. The second kappa shape index (κ2) is 6.88. The minimum absolute atomic E-state index is 0.222. The van der Waals surface area contributed by atoms with Crippen LogP contribution >= 0.6 is 0 Å². The number of aryl methyl sites for hydroxylation is 2. The van der Waals surface area contributed by atoms with Crippen LogP contribution in [0.15, 0.2) is 65.6 Å². The minimum Gasteiger partial charge on any atom is -0.310 e. The van der Waals surface area contributed by atoms with Crippen LogP contribution in [0.4, 0.5) is 5.69 Å². The molecule has 0 radical (unpaired) electrons. The van der Waals surface area contributed by atoms with Crippen LogP contribution in [0.3, 0.4) is 0 Å². The largest absolute Gasteiger partial charge is 0.310 e. The molecule has 0 unspecified atom stereocenters. The van der Waals surface area contributed by atoms with Gasteiger partial charge in [0.1, 0.15) is 5.56 Å². The highest BCUT2D eigenvalue weighted by atomic mass is 16.2. The number of nitrogens with zero attached hydrogens (tertiary/aromatic N) is 2. The molecule has 27 heavy (non-hydrogen) atoms. The molecule has 2 heterocycles. The predicted octanol–water partition coefficient (Wildman–Crippen LogP) is 3.72. The van der Waals surface area contributed by atoms with Gasteiger partial charge in [-0.1, -0.05) is 42.0 Å². The highest BCUT2D eigenvalue weighted by molar-refractivity contribution is 6.07. The van der Waals surface area contributed by atoms with Gasteiger partial charge in [0.2, 0.25) is 0 Å². The van der Waals surface area contributed by atoms with Crippen molar-refractivity contribution in [2.45, 2.75) is 26.8 Å². The maximum absolute atomic E-state index is 13.1. The number of aromatic nitrogens is 1. The van der Waals surface area contributed by atoms with Crippen LogP contribution in [0.1, 0.15) is 32.6 Å². The molecule has 0 aliphatic carbocycles. The summed E-state index contributed by atoms with van der Waals surface area (Å²) in [6.07, 6.45) is 2.57. The van der Waals surface area contributed by atoms with Crippen LogP contribution < -0.4 is 10.5 Å². The third-order valence-electron chi connectivity index (χ3n) is 5.23. The van der Waals surface area contributed by atoms with Crippen molar-refractivity contribution < 1.29 is 4.79 Å². The summed E-state index contributed by atoms with van der Waals surface area (Å²) in [6, 6.07) is 17.5. The van der Waals surface area contributed by atoms with Crippen molar-refractivity contribution in [3.63, 3.8) is 0 Å². The lowest BCUT2D eigenvalue weighted by Gasteiger charge is -2.18. The van der Waals surface area contributed by atoms with E-state index in [0.717, 1.165) is 34.4 Å². The summed E-state index contributed by atoms with van der Waals surface area (Å²) in [7, 11) is 0. The van der Waals surface area contributed by atoms with E-state index in [1.165, 1.54) is 0 Å². The van der Waals surface area contributed by atoms with Gasteiger partial charge in [-0.25, -0.2) is 0 Å². The zero-order valence-electron chi connectivity index (χ0n) is 15.6. The number of hydrogen-bond donors (Lipinski definition) is 0. The fourth-order valence-electron chi connectivity index (χ4n) is 3.67. The number of amides is 1. The summed E-state index contributed by atoms with van der Waals surface area (Å²) >= 11 is 0. The molecule has 1 amide bonds.